The maximum absolute atomic E-state index is 10.7. The molecular formula is C9H15NO3. The first kappa shape index (κ1) is 10.1. The number of aliphatic hydroxyl groups excluding tert-OH is 1. The molecule has 0 aromatic carbocycles. The van der Waals surface area contributed by atoms with E-state index in [0.717, 1.165) is 5.57 Å². The lowest BCUT2D eigenvalue weighted by Gasteiger charge is -2.18. The molecule has 0 spiro atoms. The van der Waals surface area contributed by atoms with Gasteiger partial charge in [0.15, 0.2) is 0 Å². The van der Waals surface area contributed by atoms with Gasteiger partial charge in [-0.25, -0.2) is 4.79 Å². The van der Waals surface area contributed by atoms with Crippen LogP contribution in [-0.2, 0) is 4.74 Å². The maximum atomic E-state index is 10.7. The van der Waals surface area contributed by atoms with Gasteiger partial charge in [0.1, 0.15) is 6.61 Å². The molecule has 1 rings (SSSR count). The van der Waals surface area contributed by atoms with E-state index in [4.69, 9.17) is 9.84 Å². The molecule has 1 aliphatic rings. The Morgan fingerprint density at radius 2 is 2.62 bits per heavy atom. The van der Waals surface area contributed by atoms with Crippen molar-refractivity contribution in [2.45, 2.75) is 19.4 Å². The quantitative estimate of drug-likeness (QED) is 0.633. The highest BCUT2D eigenvalue weighted by atomic mass is 16.6. The van der Waals surface area contributed by atoms with Crippen LogP contribution in [0.2, 0.25) is 0 Å². The zero-order valence-electron chi connectivity index (χ0n) is 7.75. The first-order chi connectivity index (χ1) is 6.13. The summed E-state index contributed by atoms with van der Waals surface area (Å²) in [6, 6.07) is -0.0748. The van der Waals surface area contributed by atoms with Gasteiger partial charge in [0.05, 0.1) is 6.04 Å². The second-order valence-corrected chi connectivity index (χ2v) is 3.45. The highest BCUT2D eigenvalue weighted by molar-refractivity contribution is 5.69. The average Bonchev–Trinajstić information content (AvgIpc) is 2.47. The van der Waals surface area contributed by atoms with Crippen molar-refractivity contribution in [3.63, 3.8) is 0 Å². The van der Waals surface area contributed by atoms with Crippen LogP contribution >= 0.6 is 0 Å². The Morgan fingerprint density at radius 1 is 1.92 bits per heavy atom. The summed E-state index contributed by atoms with van der Waals surface area (Å²) in [6.07, 6.45) is 0.315. The minimum absolute atomic E-state index is 0.0175. The number of allylic oxidation sites excluding steroid dienone is 1. The Morgan fingerprint density at radius 3 is 3.00 bits per heavy atom. The lowest BCUT2D eigenvalue weighted by molar-refractivity contribution is 0.165. The number of hydrogen-bond acceptors (Lipinski definition) is 3. The van der Waals surface area contributed by atoms with Crippen LogP contribution < -0.4 is 5.32 Å². The number of rotatable bonds is 4. The molecule has 1 saturated heterocycles. The van der Waals surface area contributed by atoms with Gasteiger partial charge in [-0.15, -0.1) is 6.58 Å². The molecule has 0 aliphatic carbocycles. The Balaban J connectivity index is 2.46. The molecule has 13 heavy (non-hydrogen) atoms. The van der Waals surface area contributed by atoms with Crippen molar-refractivity contribution < 1.29 is 14.6 Å². The third-order valence-electron chi connectivity index (χ3n) is 2.11. The molecule has 0 radical (unpaired) electrons. The lowest BCUT2D eigenvalue weighted by atomic mass is 9.95. The van der Waals surface area contributed by atoms with Crippen LogP contribution in [0.1, 0.15) is 13.3 Å². The summed E-state index contributed by atoms with van der Waals surface area (Å²) in [4.78, 5) is 10.7. The molecular weight excluding hydrogens is 170 g/mol. The summed E-state index contributed by atoms with van der Waals surface area (Å²) in [7, 11) is 0. The van der Waals surface area contributed by atoms with Crippen LogP contribution in [0.3, 0.4) is 0 Å². The molecule has 1 fully saturated rings. The van der Waals surface area contributed by atoms with Gasteiger partial charge in [-0.3, -0.25) is 0 Å². The van der Waals surface area contributed by atoms with E-state index in [2.05, 4.69) is 11.9 Å². The molecule has 2 N–H and O–H groups in total. The molecule has 1 heterocycles. The summed E-state index contributed by atoms with van der Waals surface area (Å²) in [5, 5.41) is 11.7. The zero-order chi connectivity index (χ0) is 9.84. The summed E-state index contributed by atoms with van der Waals surface area (Å²) >= 11 is 0. The first-order valence-corrected chi connectivity index (χ1v) is 4.32. The Kier molecular flexibility index (Phi) is 3.31. The topological polar surface area (TPSA) is 58.6 Å². The van der Waals surface area contributed by atoms with Crippen LogP contribution in [0, 0.1) is 5.92 Å². The largest absolute Gasteiger partial charge is 0.447 e. The molecule has 2 atom stereocenters. The molecule has 0 unspecified atom stereocenters. The van der Waals surface area contributed by atoms with Crippen LogP contribution in [0.5, 0.6) is 0 Å². The fourth-order valence-electron chi connectivity index (χ4n) is 1.44. The van der Waals surface area contributed by atoms with E-state index in [0.29, 0.717) is 13.0 Å². The zero-order valence-corrected chi connectivity index (χ0v) is 7.75. The van der Waals surface area contributed by atoms with E-state index >= 15 is 0 Å². The molecule has 74 valence electrons. The molecule has 0 aromatic heterocycles. The normalized spacial score (nSPS) is 23.5. The molecule has 1 aliphatic heterocycles. The van der Waals surface area contributed by atoms with Crippen molar-refractivity contribution in [3.05, 3.63) is 12.2 Å². The maximum Gasteiger partial charge on any atom is 0.407 e. The van der Waals surface area contributed by atoms with Gasteiger partial charge in [0, 0.05) is 12.5 Å². The summed E-state index contributed by atoms with van der Waals surface area (Å²) in [5.74, 6) is 0.0175. The van der Waals surface area contributed by atoms with Gasteiger partial charge in [-0.05, 0) is 13.3 Å². The first-order valence-electron chi connectivity index (χ1n) is 4.32. The minimum Gasteiger partial charge on any atom is -0.447 e. The number of alkyl carbamates (subject to hydrolysis) is 1. The van der Waals surface area contributed by atoms with Gasteiger partial charge in [-0.2, -0.15) is 0 Å². The molecule has 4 heteroatoms. The highest BCUT2D eigenvalue weighted by Gasteiger charge is 2.29. The van der Waals surface area contributed by atoms with E-state index in [1.807, 2.05) is 6.92 Å². The van der Waals surface area contributed by atoms with E-state index in [1.165, 1.54) is 0 Å². The second kappa shape index (κ2) is 4.28. The van der Waals surface area contributed by atoms with Crippen LogP contribution in [-0.4, -0.2) is 30.5 Å². The SMILES string of the molecule is C=C(C)C[C@H](CO)[C@@H]1COC(=O)N1. The third kappa shape index (κ3) is 2.73. The number of carbonyl (C=O) groups excluding carboxylic acids is 1. The number of amides is 1. The van der Waals surface area contributed by atoms with Gasteiger partial charge in [-0.1, -0.05) is 5.57 Å². The van der Waals surface area contributed by atoms with Crippen LogP contribution in [0.4, 0.5) is 4.79 Å². The standard InChI is InChI=1S/C9H15NO3/c1-6(2)3-7(4-11)8-5-13-9(12)10-8/h7-8,11H,1,3-5H2,2H3,(H,10,12)/t7-,8+/m1/s1. The van der Waals surface area contributed by atoms with E-state index in [-0.39, 0.29) is 18.6 Å². The number of nitrogens with one attached hydrogen (secondary N) is 1. The van der Waals surface area contributed by atoms with Crippen LogP contribution in [0.25, 0.3) is 0 Å². The average molecular weight is 185 g/mol. The van der Waals surface area contributed by atoms with Crippen molar-refractivity contribution in [1.29, 1.82) is 0 Å². The molecule has 0 bridgehead atoms. The summed E-state index contributed by atoms with van der Waals surface area (Å²) < 4.78 is 4.74. The van der Waals surface area contributed by atoms with Gasteiger partial charge in [0.25, 0.3) is 0 Å². The Hall–Kier alpha value is -1.03. The smallest absolute Gasteiger partial charge is 0.407 e. The highest BCUT2D eigenvalue weighted by Crippen LogP contribution is 2.16. The van der Waals surface area contributed by atoms with E-state index in [9.17, 15) is 4.79 Å². The third-order valence-corrected chi connectivity index (χ3v) is 2.11. The van der Waals surface area contributed by atoms with Crippen molar-refractivity contribution in [1.82, 2.24) is 5.32 Å². The van der Waals surface area contributed by atoms with E-state index < -0.39 is 6.09 Å². The monoisotopic (exact) mass is 185 g/mol. The summed E-state index contributed by atoms with van der Waals surface area (Å²) in [5.41, 5.74) is 1.00. The lowest BCUT2D eigenvalue weighted by Crippen LogP contribution is -2.36. The number of carbonyl (C=O) groups is 1. The number of cyclic esters (lactones) is 1. The predicted molar refractivity (Wildman–Crippen MR) is 48.3 cm³/mol. The van der Waals surface area contributed by atoms with Gasteiger partial charge >= 0.3 is 6.09 Å². The van der Waals surface area contributed by atoms with Gasteiger partial charge < -0.3 is 15.2 Å². The Bertz CT molecular complexity index is 215. The minimum atomic E-state index is -0.398. The van der Waals surface area contributed by atoms with Crippen molar-refractivity contribution in [2.24, 2.45) is 5.92 Å². The Labute approximate surface area is 77.6 Å². The van der Waals surface area contributed by atoms with Crippen molar-refractivity contribution in [2.75, 3.05) is 13.2 Å². The van der Waals surface area contributed by atoms with E-state index in [1.54, 1.807) is 0 Å². The molecule has 1 amide bonds. The molecule has 0 saturated carbocycles. The molecule has 4 nitrogen and oxygen atoms in total. The second-order valence-electron chi connectivity index (χ2n) is 3.45. The number of ether oxygens (including phenoxy) is 1. The van der Waals surface area contributed by atoms with Crippen molar-refractivity contribution >= 4 is 6.09 Å². The fourth-order valence-corrected chi connectivity index (χ4v) is 1.44. The predicted octanol–water partition coefficient (Wildman–Crippen LogP) is 0.670. The van der Waals surface area contributed by atoms with Crippen molar-refractivity contribution in [3.8, 4) is 0 Å². The number of hydrogen-bond donors (Lipinski definition) is 2. The number of aliphatic hydroxyl groups is 1. The summed E-state index contributed by atoms with van der Waals surface area (Å²) in [6.45, 7) is 6.06. The fraction of sp³-hybridized carbons (Fsp3) is 0.667. The van der Waals surface area contributed by atoms with Gasteiger partial charge in [0.2, 0.25) is 0 Å². The molecule has 0 aromatic rings. The van der Waals surface area contributed by atoms with Crippen LogP contribution in [0.15, 0.2) is 12.2 Å².